The summed E-state index contributed by atoms with van der Waals surface area (Å²) in [5, 5.41) is 7.66. The third-order valence-electron chi connectivity index (χ3n) is 6.18. The van der Waals surface area contributed by atoms with Gasteiger partial charge in [-0.2, -0.15) is 5.10 Å². The number of nitrogens with one attached hydrogen (secondary N) is 2. The molecule has 3 aromatic heterocycles. The Morgan fingerprint density at radius 3 is 2.61 bits per heavy atom. The van der Waals surface area contributed by atoms with Gasteiger partial charge in [-0.25, -0.2) is 8.60 Å². The van der Waals surface area contributed by atoms with E-state index in [2.05, 4.69) is 25.1 Å². The van der Waals surface area contributed by atoms with Crippen molar-refractivity contribution in [1.82, 2.24) is 19.7 Å². The number of aryl methyl sites for hydroxylation is 1. The zero-order valence-electron chi connectivity index (χ0n) is 23.0. The Bertz CT molecular complexity index is 1730. The maximum atomic E-state index is 15.3. The first-order chi connectivity index (χ1) is 19.6. The fourth-order valence-electron chi connectivity index (χ4n) is 4.18. The number of rotatable bonds is 8. The molecule has 0 bridgehead atoms. The number of hydrogen-bond donors (Lipinski definition) is 2. The molecule has 1 unspecified atom stereocenters. The van der Waals surface area contributed by atoms with Crippen LogP contribution in [-0.2, 0) is 27.7 Å². The van der Waals surface area contributed by atoms with Crippen molar-refractivity contribution in [1.29, 1.82) is 0 Å². The van der Waals surface area contributed by atoms with Gasteiger partial charge in [0.1, 0.15) is 16.7 Å². The SMILES string of the molecule is Cc1cc(CC(=O)Nc2cnn(C(C)(C)C)c2)cc(F)c1Oc1ccnc2ccc(S(=O)Nc3cccnc3)cc12. The van der Waals surface area contributed by atoms with Crippen LogP contribution in [0.5, 0.6) is 11.5 Å². The molecule has 5 aromatic rings. The Morgan fingerprint density at radius 1 is 1.07 bits per heavy atom. The van der Waals surface area contributed by atoms with Crippen LogP contribution in [0.15, 0.2) is 84.4 Å². The highest BCUT2D eigenvalue weighted by atomic mass is 32.2. The van der Waals surface area contributed by atoms with Gasteiger partial charge in [-0.05, 0) is 81.3 Å². The summed E-state index contributed by atoms with van der Waals surface area (Å²) in [5.41, 5.74) is 2.60. The van der Waals surface area contributed by atoms with Crippen molar-refractivity contribution < 1.29 is 18.1 Å². The first-order valence-corrected chi connectivity index (χ1v) is 14.0. The predicted octanol–water partition coefficient (Wildman–Crippen LogP) is 6.14. The maximum absolute atomic E-state index is 15.3. The summed E-state index contributed by atoms with van der Waals surface area (Å²) in [5.74, 6) is -0.491. The van der Waals surface area contributed by atoms with Gasteiger partial charge in [-0.1, -0.05) is 6.07 Å². The van der Waals surface area contributed by atoms with Crippen LogP contribution in [0.4, 0.5) is 15.8 Å². The lowest BCUT2D eigenvalue weighted by molar-refractivity contribution is -0.115. The molecule has 1 atom stereocenters. The summed E-state index contributed by atoms with van der Waals surface area (Å²) >= 11 is 0. The molecule has 3 heterocycles. The number of hydrogen-bond acceptors (Lipinski definition) is 6. The van der Waals surface area contributed by atoms with Crippen LogP contribution in [0.2, 0.25) is 0 Å². The van der Waals surface area contributed by atoms with Gasteiger partial charge < -0.3 is 10.1 Å². The Morgan fingerprint density at radius 2 is 1.90 bits per heavy atom. The zero-order valence-corrected chi connectivity index (χ0v) is 23.8. The van der Waals surface area contributed by atoms with E-state index in [1.165, 1.54) is 6.07 Å². The lowest BCUT2D eigenvalue weighted by Gasteiger charge is -2.18. The quantitative estimate of drug-likeness (QED) is 0.231. The molecule has 9 nitrogen and oxygen atoms in total. The summed E-state index contributed by atoms with van der Waals surface area (Å²) in [7, 11) is -1.57. The first-order valence-electron chi connectivity index (χ1n) is 12.9. The highest BCUT2D eigenvalue weighted by molar-refractivity contribution is 7.86. The molecule has 0 saturated heterocycles. The molecular weight excluding hydrogens is 543 g/mol. The van der Waals surface area contributed by atoms with Crippen LogP contribution < -0.4 is 14.8 Å². The molecule has 2 aromatic carbocycles. The van der Waals surface area contributed by atoms with Crippen LogP contribution in [-0.4, -0.2) is 29.9 Å². The molecule has 0 fully saturated rings. The molecule has 0 spiro atoms. The molecule has 0 saturated carbocycles. The second-order valence-corrected chi connectivity index (χ2v) is 11.7. The number of carbonyl (C=O) groups excluding carboxylic acids is 1. The molecule has 11 heteroatoms. The van der Waals surface area contributed by atoms with Gasteiger partial charge in [-0.15, -0.1) is 0 Å². The van der Waals surface area contributed by atoms with Gasteiger partial charge in [0.05, 0.1) is 46.1 Å². The van der Waals surface area contributed by atoms with Crippen molar-refractivity contribution in [3.63, 3.8) is 0 Å². The van der Waals surface area contributed by atoms with Gasteiger partial charge >= 0.3 is 0 Å². The van der Waals surface area contributed by atoms with Crippen LogP contribution in [0.1, 0.15) is 31.9 Å². The Hall–Kier alpha value is -4.64. The van der Waals surface area contributed by atoms with Crippen LogP contribution >= 0.6 is 0 Å². The molecule has 0 aliphatic heterocycles. The summed E-state index contributed by atoms with van der Waals surface area (Å²) in [4.78, 5) is 21.5. The fourth-order valence-corrected chi connectivity index (χ4v) is 5.05. The third-order valence-corrected chi connectivity index (χ3v) is 7.28. The summed E-state index contributed by atoms with van der Waals surface area (Å²) < 4.78 is 39.0. The molecule has 1 amide bonds. The van der Waals surface area contributed by atoms with Gasteiger partial charge in [0.15, 0.2) is 11.6 Å². The van der Waals surface area contributed by atoms with Crippen molar-refractivity contribution in [2.24, 2.45) is 0 Å². The van der Waals surface area contributed by atoms with E-state index in [4.69, 9.17) is 4.74 Å². The predicted molar refractivity (Wildman–Crippen MR) is 157 cm³/mol. The van der Waals surface area contributed by atoms with Crippen molar-refractivity contribution in [2.75, 3.05) is 10.0 Å². The Labute approximate surface area is 239 Å². The van der Waals surface area contributed by atoms with E-state index < -0.39 is 16.8 Å². The minimum absolute atomic E-state index is 0.0178. The van der Waals surface area contributed by atoms with Gasteiger partial charge in [-0.3, -0.25) is 24.2 Å². The fraction of sp³-hybridized carbons (Fsp3) is 0.200. The molecular formula is C30H29FN6O3S. The summed E-state index contributed by atoms with van der Waals surface area (Å²) in [6, 6.07) is 13.3. The number of halogens is 1. The number of aromatic nitrogens is 4. The molecule has 41 heavy (non-hydrogen) atoms. The number of fused-ring (bicyclic) bond motifs is 1. The second-order valence-electron chi connectivity index (χ2n) is 10.5. The summed E-state index contributed by atoms with van der Waals surface area (Å²) in [6.45, 7) is 7.75. The minimum Gasteiger partial charge on any atom is -0.453 e. The van der Waals surface area contributed by atoms with E-state index in [9.17, 15) is 9.00 Å². The smallest absolute Gasteiger partial charge is 0.228 e. The number of ether oxygens (including phenoxy) is 1. The highest BCUT2D eigenvalue weighted by Gasteiger charge is 2.17. The Balaban J connectivity index is 1.33. The molecule has 0 aliphatic carbocycles. The molecule has 210 valence electrons. The van der Waals surface area contributed by atoms with Crippen LogP contribution in [0.3, 0.4) is 0 Å². The molecule has 5 rings (SSSR count). The first kappa shape index (κ1) is 27.9. The van der Waals surface area contributed by atoms with E-state index in [-0.39, 0.29) is 23.6 Å². The monoisotopic (exact) mass is 572 g/mol. The zero-order chi connectivity index (χ0) is 29.1. The Kier molecular flexibility index (Phi) is 7.80. The van der Waals surface area contributed by atoms with Crippen molar-refractivity contribution in [3.05, 3.63) is 96.5 Å². The minimum atomic E-state index is -1.57. The van der Waals surface area contributed by atoms with E-state index >= 15 is 4.39 Å². The largest absolute Gasteiger partial charge is 0.453 e. The lowest BCUT2D eigenvalue weighted by atomic mass is 10.1. The molecule has 2 N–H and O–H groups in total. The van der Waals surface area contributed by atoms with Gasteiger partial charge in [0.25, 0.3) is 0 Å². The lowest BCUT2D eigenvalue weighted by Crippen LogP contribution is -2.22. The average Bonchev–Trinajstić information content (AvgIpc) is 3.40. The number of anilines is 2. The van der Waals surface area contributed by atoms with E-state index in [0.717, 1.165) is 0 Å². The van der Waals surface area contributed by atoms with E-state index in [1.807, 2.05) is 20.8 Å². The number of benzene rings is 2. The second kappa shape index (κ2) is 11.5. The normalized spacial score (nSPS) is 12.2. The van der Waals surface area contributed by atoms with Crippen molar-refractivity contribution in [2.45, 2.75) is 44.6 Å². The van der Waals surface area contributed by atoms with Crippen LogP contribution in [0, 0.1) is 12.7 Å². The van der Waals surface area contributed by atoms with Gasteiger partial charge in [0, 0.05) is 24.0 Å². The topological polar surface area (TPSA) is 111 Å². The number of carbonyl (C=O) groups is 1. The average molecular weight is 573 g/mol. The van der Waals surface area contributed by atoms with E-state index in [0.29, 0.717) is 44.0 Å². The summed E-state index contributed by atoms with van der Waals surface area (Å²) in [6.07, 6.45) is 8.10. The number of amides is 1. The maximum Gasteiger partial charge on any atom is 0.228 e. The third kappa shape index (κ3) is 6.58. The number of nitrogens with zero attached hydrogens (tertiary/aromatic N) is 4. The van der Waals surface area contributed by atoms with Crippen molar-refractivity contribution in [3.8, 4) is 11.5 Å². The van der Waals surface area contributed by atoms with Crippen LogP contribution in [0.25, 0.3) is 10.9 Å². The highest BCUT2D eigenvalue weighted by Crippen LogP contribution is 2.34. The standard InChI is InChI=1S/C30H29FN6O3S/c1-19-12-20(14-28(38)35-22-17-34-37(18-22)30(2,3)4)13-25(31)29(19)40-27-9-11-33-26-8-7-23(15-24(26)27)41(39)36-21-6-5-10-32-16-21/h5-13,15-18,36H,14H2,1-4H3,(H,35,38). The molecule has 0 radical (unpaired) electrons. The van der Waals surface area contributed by atoms with Crippen molar-refractivity contribution >= 4 is 39.2 Å². The van der Waals surface area contributed by atoms with Gasteiger partial charge in [0.2, 0.25) is 5.91 Å². The number of pyridine rings is 2. The van der Waals surface area contributed by atoms with E-state index in [1.54, 1.807) is 85.1 Å². The molecule has 0 aliphatic rings.